The van der Waals surface area contributed by atoms with Crippen molar-refractivity contribution in [2.75, 3.05) is 0 Å². The minimum atomic E-state index is -2.65. The molecule has 5 nitrogen and oxygen atoms in total. The quantitative estimate of drug-likeness (QED) is 0.451. The lowest BCUT2D eigenvalue weighted by molar-refractivity contribution is -0.132. The Morgan fingerprint density at radius 3 is 2.17 bits per heavy atom. The van der Waals surface area contributed by atoms with E-state index in [4.69, 9.17) is 5.73 Å². The van der Waals surface area contributed by atoms with Gasteiger partial charge in [0, 0.05) is 0 Å². The summed E-state index contributed by atoms with van der Waals surface area (Å²) >= 11 is 0. The SMILES string of the molecule is N[C@H](CC1CCCCC1)C(/C(=C\CC1CCCC1)C(=O)O)[P+](=O)O. The van der Waals surface area contributed by atoms with E-state index in [0.29, 0.717) is 24.7 Å². The number of hydrogen-bond donors (Lipinski definition) is 3. The van der Waals surface area contributed by atoms with Crippen LogP contribution >= 0.6 is 8.03 Å². The highest BCUT2D eigenvalue weighted by Gasteiger charge is 2.42. The average molecular weight is 356 g/mol. The molecule has 2 aliphatic carbocycles. The van der Waals surface area contributed by atoms with Crippen molar-refractivity contribution in [3.05, 3.63) is 11.6 Å². The van der Waals surface area contributed by atoms with Gasteiger partial charge in [-0.25, -0.2) is 4.79 Å². The molecule has 2 rings (SSSR count). The molecule has 3 atom stereocenters. The highest BCUT2D eigenvalue weighted by molar-refractivity contribution is 7.39. The lowest BCUT2D eigenvalue weighted by atomic mass is 9.83. The van der Waals surface area contributed by atoms with Crippen LogP contribution in [0.25, 0.3) is 0 Å². The lowest BCUT2D eigenvalue weighted by Crippen LogP contribution is -2.38. The van der Waals surface area contributed by atoms with Crippen LogP contribution in [0.1, 0.15) is 70.6 Å². The zero-order valence-corrected chi connectivity index (χ0v) is 15.3. The number of carboxylic acid groups (broad SMARTS) is 1. The second-order valence-electron chi connectivity index (χ2n) is 7.50. The Bertz CT molecular complexity index is 468. The summed E-state index contributed by atoms with van der Waals surface area (Å²) in [6, 6.07) is -0.562. The number of hydrogen-bond acceptors (Lipinski definition) is 3. The molecule has 0 heterocycles. The molecular weight excluding hydrogens is 325 g/mol. The molecule has 6 heteroatoms. The normalized spacial score (nSPS) is 23.9. The maximum atomic E-state index is 11.9. The zero-order chi connectivity index (χ0) is 17.5. The molecule has 4 N–H and O–H groups in total. The van der Waals surface area contributed by atoms with Crippen LogP contribution in [0.3, 0.4) is 0 Å². The predicted molar refractivity (Wildman–Crippen MR) is 95.1 cm³/mol. The topological polar surface area (TPSA) is 101 Å². The highest BCUT2D eigenvalue weighted by Crippen LogP contribution is 2.37. The van der Waals surface area contributed by atoms with Gasteiger partial charge >= 0.3 is 14.0 Å². The second-order valence-corrected chi connectivity index (χ2v) is 8.66. The third-order valence-corrected chi connectivity index (χ3v) is 6.82. The Morgan fingerprint density at radius 2 is 1.62 bits per heavy atom. The van der Waals surface area contributed by atoms with Crippen molar-refractivity contribution < 1.29 is 19.4 Å². The minimum Gasteiger partial charge on any atom is -0.478 e. The summed E-state index contributed by atoms with van der Waals surface area (Å²) in [6.07, 6.45) is 13.4. The van der Waals surface area contributed by atoms with Gasteiger partial charge in [-0.1, -0.05) is 63.9 Å². The molecule has 2 saturated carbocycles. The van der Waals surface area contributed by atoms with E-state index in [2.05, 4.69) is 0 Å². The van der Waals surface area contributed by atoms with E-state index in [0.717, 1.165) is 25.7 Å². The van der Waals surface area contributed by atoms with E-state index in [9.17, 15) is 19.4 Å². The lowest BCUT2D eigenvalue weighted by Gasteiger charge is -2.25. The maximum absolute atomic E-state index is 11.9. The van der Waals surface area contributed by atoms with Crippen LogP contribution < -0.4 is 5.73 Å². The average Bonchev–Trinajstić information content (AvgIpc) is 3.04. The summed E-state index contributed by atoms with van der Waals surface area (Å²) in [6.45, 7) is 0. The molecule has 0 aliphatic heterocycles. The number of carboxylic acids is 1. The summed E-state index contributed by atoms with van der Waals surface area (Å²) in [4.78, 5) is 21.4. The molecule has 0 amide bonds. The molecule has 24 heavy (non-hydrogen) atoms. The molecule has 0 saturated heterocycles. The van der Waals surface area contributed by atoms with Gasteiger partial charge in [-0.15, -0.1) is 0 Å². The van der Waals surface area contributed by atoms with Gasteiger partial charge in [0.15, 0.2) is 0 Å². The third-order valence-electron chi connectivity index (χ3n) is 5.69. The standard InChI is InChI=1S/C18H30NO4P/c19-16(12-14-8-2-1-3-9-14)17(24(22)23)15(18(20)21)11-10-13-6-4-5-7-13/h11,13-14,16-17H,1-10,12,19H2,(H-,20,21,22,23)/p+1/b15-11+/t16-,17?/m1/s1. The van der Waals surface area contributed by atoms with Crippen molar-refractivity contribution in [1.29, 1.82) is 0 Å². The van der Waals surface area contributed by atoms with E-state index in [1.54, 1.807) is 6.08 Å². The van der Waals surface area contributed by atoms with E-state index >= 15 is 0 Å². The molecule has 2 unspecified atom stereocenters. The fraction of sp³-hybridized carbons (Fsp3) is 0.833. The van der Waals surface area contributed by atoms with E-state index in [1.165, 1.54) is 32.1 Å². The van der Waals surface area contributed by atoms with Gasteiger partial charge in [0.25, 0.3) is 0 Å². The summed E-state index contributed by atoms with van der Waals surface area (Å²) in [5, 5.41) is 9.56. The Labute approximate surface area is 145 Å². The van der Waals surface area contributed by atoms with Gasteiger partial charge in [-0.2, -0.15) is 4.89 Å². The third kappa shape index (κ3) is 5.65. The molecule has 0 aromatic rings. The van der Waals surface area contributed by atoms with Gasteiger partial charge < -0.3 is 10.8 Å². The predicted octanol–water partition coefficient (Wildman–Crippen LogP) is 3.98. The number of rotatable bonds is 8. The smallest absolute Gasteiger partial charge is 0.478 e. The largest absolute Gasteiger partial charge is 0.515 e. The van der Waals surface area contributed by atoms with Crippen LogP contribution in [0, 0.1) is 11.8 Å². The molecule has 2 fully saturated rings. The molecule has 0 bridgehead atoms. The summed E-state index contributed by atoms with van der Waals surface area (Å²) in [5.41, 5.74) is 5.32. The summed E-state index contributed by atoms with van der Waals surface area (Å²) in [7, 11) is -2.65. The molecule has 0 spiro atoms. The minimum absolute atomic E-state index is 0.0498. The van der Waals surface area contributed by atoms with Gasteiger partial charge in [-0.05, 0) is 29.2 Å². The van der Waals surface area contributed by atoms with E-state index < -0.39 is 25.7 Å². The molecular formula is C18H31NO4P+. The molecule has 2 aliphatic rings. The summed E-state index contributed by atoms with van der Waals surface area (Å²) in [5.74, 6) is -0.142. The van der Waals surface area contributed by atoms with Crippen LogP contribution in [0.4, 0.5) is 0 Å². The molecule has 136 valence electrons. The monoisotopic (exact) mass is 356 g/mol. The van der Waals surface area contributed by atoms with E-state index in [-0.39, 0.29) is 5.57 Å². The van der Waals surface area contributed by atoms with Crippen LogP contribution in [0.5, 0.6) is 0 Å². The number of nitrogens with two attached hydrogens (primary N) is 1. The molecule has 0 aromatic heterocycles. The summed E-state index contributed by atoms with van der Waals surface area (Å²) < 4.78 is 11.9. The Morgan fingerprint density at radius 1 is 1.08 bits per heavy atom. The Balaban J connectivity index is 2.06. The first-order valence-electron chi connectivity index (χ1n) is 9.33. The van der Waals surface area contributed by atoms with Crippen molar-refractivity contribution in [1.82, 2.24) is 0 Å². The number of aliphatic carboxylic acids is 1. The fourth-order valence-electron chi connectivity index (χ4n) is 4.32. The van der Waals surface area contributed by atoms with Gasteiger partial charge in [0.2, 0.25) is 5.66 Å². The Hall–Kier alpha value is -0.770. The van der Waals surface area contributed by atoms with Gasteiger partial charge in [0.1, 0.15) is 0 Å². The van der Waals surface area contributed by atoms with Crippen LogP contribution in [0.15, 0.2) is 11.6 Å². The van der Waals surface area contributed by atoms with Crippen molar-refractivity contribution >= 4 is 14.0 Å². The fourth-order valence-corrected chi connectivity index (χ4v) is 5.23. The second kappa shape index (κ2) is 9.65. The van der Waals surface area contributed by atoms with Crippen molar-refractivity contribution in [3.8, 4) is 0 Å². The van der Waals surface area contributed by atoms with E-state index in [1.807, 2.05) is 0 Å². The first kappa shape index (κ1) is 19.6. The van der Waals surface area contributed by atoms with Crippen LogP contribution in [0.2, 0.25) is 0 Å². The maximum Gasteiger partial charge on any atom is 0.515 e. The van der Waals surface area contributed by atoms with Gasteiger partial charge in [0.05, 0.1) is 11.6 Å². The van der Waals surface area contributed by atoms with Crippen molar-refractivity contribution in [3.63, 3.8) is 0 Å². The zero-order valence-electron chi connectivity index (χ0n) is 14.4. The molecule has 0 aromatic carbocycles. The van der Waals surface area contributed by atoms with Gasteiger partial charge in [-0.3, -0.25) is 0 Å². The Kier molecular flexibility index (Phi) is 7.86. The highest BCUT2D eigenvalue weighted by atomic mass is 31.1. The van der Waals surface area contributed by atoms with Crippen LogP contribution in [-0.2, 0) is 9.36 Å². The van der Waals surface area contributed by atoms with Crippen molar-refractivity contribution in [2.24, 2.45) is 17.6 Å². The first-order valence-corrected chi connectivity index (χ1v) is 10.6. The van der Waals surface area contributed by atoms with Crippen LogP contribution in [-0.4, -0.2) is 27.7 Å². The first-order chi connectivity index (χ1) is 11.5. The molecule has 0 radical (unpaired) electrons. The van der Waals surface area contributed by atoms with Crippen molar-refractivity contribution in [2.45, 2.75) is 82.3 Å². The number of carbonyl (C=O) groups is 1. The number of allylic oxidation sites excluding steroid dienone is 1.